The van der Waals surface area contributed by atoms with Crippen LogP contribution < -0.4 is 17.8 Å². The van der Waals surface area contributed by atoms with E-state index < -0.39 is 53.4 Å². The van der Waals surface area contributed by atoms with Crippen LogP contribution >= 0.6 is 31.9 Å². The van der Waals surface area contributed by atoms with Crippen LogP contribution in [0.5, 0.6) is 23.0 Å². The van der Waals surface area contributed by atoms with Gasteiger partial charge in [-0.1, -0.05) is 100 Å². The molecule has 6 aromatic carbocycles. The molecular weight excluding hydrogens is 1030 g/mol. The van der Waals surface area contributed by atoms with Gasteiger partial charge in [0.2, 0.25) is 0 Å². The molecule has 0 heterocycles. The second kappa shape index (κ2) is 17.0. The van der Waals surface area contributed by atoms with Crippen LogP contribution in [0.2, 0.25) is 0 Å². The van der Waals surface area contributed by atoms with E-state index in [1.807, 2.05) is 100 Å². The Bertz CT molecular complexity index is 3050. The number of carbonyl (C=O) groups excluding carboxylic acids is 2. The van der Waals surface area contributed by atoms with Gasteiger partial charge in [0.25, 0.3) is 0 Å². The maximum atomic E-state index is 14.7. The molecule has 4 bridgehead atoms. The first-order valence-corrected chi connectivity index (χ1v) is 27.7. The third-order valence-electron chi connectivity index (χ3n) is 16.4. The number of halogens is 2. The van der Waals surface area contributed by atoms with Gasteiger partial charge >= 0.3 is 20.2 Å². The zero-order valence-electron chi connectivity index (χ0n) is 38.3. The van der Waals surface area contributed by atoms with Crippen LogP contribution in [0.4, 0.5) is 0 Å². The first-order chi connectivity index (χ1) is 32.2. The van der Waals surface area contributed by atoms with Crippen LogP contribution in [-0.4, -0.2) is 39.9 Å². The molecule has 0 aliphatic heterocycles. The second-order valence-electron chi connectivity index (χ2n) is 20.3. The Kier molecular flexibility index (Phi) is 11.7. The predicted molar refractivity (Wildman–Crippen MR) is 270 cm³/mol. The van der Waals surface area contributed by atoms with Gasteiger partial charge in [-0.05, 0) is 149 Å². The van der Waals surface area contributed by atoms with Crippen molar-refractivity contribution >= 4 is 85.2 Å². The molecule has 354 valence electrons. The quantitative estimate of drug-likeness (QED) is 0.0913. The molecule has 4 atom stereocenters. The number of hydrogen-bond acceptors (Lipinski definition) is 10. The Morgan fingerprint density at radius 3 is 1.25 bits per heavy atom. The van der Waals surface area contributed by atoms with Gasteiger partial charge in [0.05, 0.1) is 31.3 Å². The molecule has 0 amide bonds. The average molecular weight is 1080 g/mol. The van der Waals surface area contributed by atoms with Gasteiger partial charge in [0.1, 0.15) is 36.3 Å². The van der Waals surface area contributed by atoms with Crippen molar-refractivity contribution in [1.29, 1.82) is 0 Å². The fourth-order valence-corrected chi connectivity index (χ4v) is 16.6. The predicted octanol–water partition coefficient (Wildman–Crippen LogP) is 12.6. The van der Waals surface area contributed by atoms with Crippen LogP contribution in [0.15, 0.2) is 118 Å². The van der Waals surface area contributed by atoms with Gasteiger partial charge in [-0.15, -0.1) is 0 Å². The molecular formula is C54H52Br2O10S2. The summed E-state index contributed by atoms with van der Waals surface area (Å²) < 4.78 is 85.6. The minimum absolute atomic E-state index is 0.0731. The highest BCUT2D eigenvalue weighted by Gasteiger charge is 2.67. The lowest BCUT2D eigenvalue weighted by Gasteiger charge is -2.36. The molecule has 6 aromatic rings. The van der Waals surface area contributed by atoms with E-state index in [0.29, 0.717) is 67.7 Å². The van der Waals surface area contributed by atoms with E-state index in [4.69, 9.17) is 17.8 Å². The van der Waals surface area contributed by atoms with E-state index in [0.717, 1.165) is 24.0 Å². The van der Waals surface area contributed by atoms with Crippen molar-refractivity contribution in [2.75, 3.05) is 11.5 Å². The summed E-state index contributed by atoms with van der Waals surface area (Å²) in [5.41, 5.74) is -1.11. The molecule has 0 aromatic heterocycles. The lowest BCUT2D eigenvalue weighted by Crippen LogP contribution is -2.43. The van der Waals surface area contributed by atoms with Crippen LogP contribution in [0.3, 0.4) is 0 Å². The molecule has 4 saturated carbocycles. The Hall–Kier alpha value is -4.76. The topological polar surface area (TPSA) is 139 Å². The summed E-state index contributed by atoms with van der Waals surface area (Å²) in [5.74, 6) is -0.379. The van der Waals surface area contributed by atoms with Gasteiger partial charge in [0.15, 0.2) is 11.5 Å². The molecule has 0 N–H and O–H groups in total. The van der Waals surface area contributed by atoms with E-state index in [-0.39, 0.29) is 59.2 Å². The van der Waals surface area contributed by atoms with Gasteiger partial charge in [-0.25, -0.2) is 0 Å². The molecule has 10 rings (SSSR count). The van der Waals surface area contributed by atoms with Crippen LogP contribution in [0.25, 0.3) is 32.7 Å². The van der Waals surface area contributed by atoms with Crippen molar-refractivity contribution in [1.82, 2.24) is 0 Å². The van der Waals surface area contributed by atoms with Crippen molar-refractivity contribution in [3.63, 3.8) is 0 Å². The highest BCUT2D eigenvalue weighted by molar-refractivity contribution is 9.11. The van der Waals surface area contributed by atoms with Gasteiger partial charge in [0, 0.05) is 24.0 Å². The third-order valence-corrected chi connectivity index (χ3v) is 20.1. The van der Waals surface area contributed by atoms with Crippen molar-refractivity contribution in [2.24, 2.45) is 33.5 Å². The standard InChI is InChI=1S/C54H52Br2O10S2/c1-51(2)37-19-21-53(51,47(57)25-37)31-67(59,60)65-43-17-15-35-23-41(55)45(63-29-33-11-7-5-8-12-33)27-39(35)49(43)50-40-28-46(64-30-34-13-9-6-10-14-34)42(56)24-36(40)16-18-44(50)66-68(61,62)32-54-22-20-38(26-48(54)58)52(54,3)4/h5-18,23-24,27-28,37-38H,19-22,25-26,29-32H2,1-4H3/t37-,38-,53-,54-/m0/s1. The minimum atomic E-state index is -4.52. The second-order valence-corrected chi connectivity index (χ2v) is 25.2. The Morgan fingerprint density at radius 1 is 0.529 bits per heavy atom. The van der Waals surface area contributed by atoms with Crippen molar-refractivity contribution in [3.8, 4) is 34.1 Å². The minimum Gasteiger partial charge on any atom is -0.488 e. The maximum absolute atomic E-state index is 14.7. The summed E-state index contributed by atoms with van der Waals surface area (Å²) in [6, 6.07) is 33.2. The monoisotopic (exact) mass is 1080 g/mol. The Morgan fingerprint density at radius 2 is 0.912 bits per heavy atom. The van der Waals surface area contributed by atoms with Crippen molar-refractivity contribution in [2.45, 2.75) is 79.4 Å². The fraction of sp³-hybridized carbons (Fsp3) is 0.370. The first-order valence-electron chi connectivity index (χ1n) is 23.0. The largest absolute Gasteiger partial charge is 0.488 e. The van der Waals surface area contributed by atoms with Crippen LogP contribution in [0, 0.1) is 33.5 Å². The summed E-state index contributed by atoms with van der Waals surface area (Å²) >= 11 is 7.41. The number of Topliss-reactive ketones (excluding diaryl/α,β-unsaturated/α-hetero) is 2. The molecule has 0 saturated heterocycles. The summed E-state index contributed by atoms with van der Waals surface area (Å²) in [5, 5.41) is 2.22. The van der Waals surface area contributed by atoms with E-state index >= 15 is 0 Å². The van der Waals surface area contributed by atoms with Gasteiger partial charge in [-0.3, -0.25) is 9.59 Å². The molecule has 0 radical (unpaired) electrons. The normalized spacial score (nSPS) is 23.7. The Balaban J connectivity index is 1.18. The molecule has 4 fully saturated rings. The van der Waals surface area contributed by atoms with E-state index in [1.165, 1.54) is 0 Å². The Labute approximate surface area is 414 Å². The number of rotatable bonds is 15. The average Bonchev–Trinajstić information content (AvgIpc) is 3.81. The SMILES string of the molecule is CC1(C)[C@H]2CC[C@]1(CS(=O)(=O)Oc1ccc3cc(Br)c(OCc4ccccc4)cc3c1-c1c(OS(=O)(=O)C[C@@]34CC[C@@H](CC3=O)C4(C)C)ccc3cc(Br)c(OCc4ccccc4)cc13)C(=O)C2. The molecule has 0 unspecified atom stereocenters. The zero-order chi connectivity index (χ0) is 48.0. The lowest BCUT2D eigenvalue weighted by molar-refractivity contribution is -0.128. The highest BCUT2D eigenvalue weighted by Crippen LogP contribution is 2.66. The smallest absolute Gasteiger partial charge is 0.310 e. The summed E-state index contributed by atoms with van der Waals surface area (Å²) in [4.78, 5) is 27.4. The van der Waals surface area contributed by atoms with Crippen LogP contribution in [0.1, 0.15) is 77.3 Å². The number of ether oxygens (including phenoxy) is 2. The summed E-state index contributed by atoms with van der Waals surface area (Å²) in [7, 11) is -9.03. The third kappa shape index (κ3) is 7.95. The number of ketones is 2. The fourth-order valence-electron chi connectivity index (χ4n) is 12.1. The van der Waals surface area contributed by atoms with Crippen LogP contribution in [-0.2, 0) is 43.0 Å². The first kappa shape index (κ1) is 46.9. The summed E-state index contributed by atoms with van der Waals surface area (Å²) in [6.07, 6.45) is 3.02. The lowest BCUT2D eigenvalue weighted by atomic mass is 9.70. The number of carbonyl (C=O) groups is 2. The molecule has 4 aliphatic carbocycles. The maximum Gasteiger partial charge on any atom is 0.310 e. The van der Waals surface area contributed by atoms with E-state index in [1.54, 1.807) is 36.4 Å². The van der Waals surface area contributed by atoms with Gasteiger partial charge in [-0.2, -0.15) is 16.8 Å². The molecule has 4 aliphatic rings. The molecule has 0 spiro atoms. The van der Waals surface area contributed by atoms with E-state index in [9.17, 15) is 26.4 Å². The van der Waals surface area contributed by atoms with Crippen molar-refractivity contribution < 1.29 is 44.3 Å². The number of fused-ring (bicyclic) bond motifs is 6. The molecule has 14 heteroatoms. The summed E-state index contributed by atoms with van der Waals surface area (Å²) in [6.45, 7) is 8.33. The highest BCUT2D eigenvalue weighted by atomic mass is 79.9. The van der Waals surface area contributed by atoms with E-state index in [2.05, 4.69) is 31.9 Å². The zero-order valence-corrected chi connectivity index (χ0v) is 43.1. The van der Waals surface area contributed by atoms with Crippen molar-refractivity contribution in [3.05, 3.63) is 129 Å². The number of hydrogen-bond donors (Lipinski definition) is 0. The van der Waals surface area contributed by atoms with Gasteiger partial charge < -0.3 is 17.8 Å². The molecule has 68 heavy (non-hydrogen) atoms. The number of benzene rings is 6. The molecule has 10 nitrogen and oxygen atoms in total.